The summed E-state index contributed by atoms with van der Waals surface area (Å²) in [6.45, 7) is 6.60. The fourth-order valence-corrected chi connectivity index (χ4v) is 1.37. The summed E-state index contributed by atoms with van der Waals surface area (Å²) in [5, 5.41) is 0. The van der Waals surface area contributed by atoms with Crippen LogP contribution >= 0.6 is 0 Å². The maximum atomic E-state index is 5.83. The fraction of sp³-hybridized carbons (Fsp3) is 0.778. The molecule has 1 aliphatic rings. The van der Waals surface area contributed by atoms with Crippen molar-refractivity contribution in [1.29, 1.82) is 0 Å². The summed E-state index contributed by atoms with van der Waals surface area (Å²) >= 11 is 0. The zero-order valence-electron chi connectivity index (χ0n) is 7.09. The lowest BCUT2D eigenvalue weighted by Gasteiger charge is -1.95. The van der Waals surface area contributed by atoms with Crippen LogP contribution < -0.4 is 5.73 Å². The highest BCUT2D eigenvalue weighted by Crippen LogP contribution is 2.51. The second-order valence-corrected chi connectivity index (χ2v) is 3.71. The molecule has 0 amide bonds. The van der Waals surface area contributed by atoms with Gasteiger partial charge in [0, 0.05) is 6.04 Å². The van der Waals surface area contributed by atoms with Gasteiger partial charge in [-0.05, 0) is 17.8 Å². The van der Waals surface area contributed by atoms with E-state index in [-0.39, 0.29) is 0 Å². The van der Waals surface area contributed by atoms with Crippen molar-refractivity contribution in [2.45, 2.75) is 33.2 Å². The van der Waals surface area contributed by atoms with Crippen LogP contribution in [0.2, 0.25) is 0 Å². The molecule has 2 atom stereocenters. The van der Waals surface area contributed by atoms with Crippen LogP contribution in [0.3, 0.4) is 0 Å². The molecular weight excluding hydrogens is 122 g/mol. The predicted molar refractivity (Wildman–Crippen MR) is 44.7 cm³/mol. The first-order valence-electron chi connectivity index (χ1n) is 4.03. The molecule has 1 saturated carbocycles. The smallest absolute Gasteiger partial charge is 0.0165 e. The highest BCUT2D eigenvalue weighted by atomic mass is 14.8. The minimum Gasteiger partial charge on any atom is -0.327 e. The standard InChI is InChI=1S/C9H17N/c1-4-5-6-7-8(10)9(7,2)3/h5-8H,4,10H2,1-3H3/b6-5+/t7-,8-/m1/s1. The van der Waals surface area contributed by atoms with E-state index >= 15 is 0 Å². The molecule has 2 N–H and O–H groups in total. The quantitative estimate of drug-likeness (QED) is 0.581. The molecule has 0 aromatic rings. The summed E-state index contributed by atoms with van der Waals surface area (Å²) in [5.74, 6) is 0.632. The summed E-state index contributed by atoms with van der Waals surface area (Å²) in [4.78, 5) is 0. The third-order valence-corrected chi connectivity index (χ3v) is 2.58. The van der Waals surface area contributed by atoms with Crippen molar-refractivity contribution in [2.24, 2.45) is 17.1 Å². The lowest BCUT2D eigenvalue weighted by Crippen LogP contribution is -2.06. The molecule has 58 valence electrons. The Bertz CT molecular complexity index is 147. The van der Waals surface area contributed by atoms with E-state index in [0.717, 1.165) is 6.42 Å². The lowest BCUT2D eigenvalue weighted by molar-refractivity contribution is 0.591. The van der Waals surface area contributed by atoms with E-state index in [0.29, 0.717) is 17.4 Å². The number of allylic oxidation sites excluding steroid dienone is 1. The normalized spacial score (nSPS) is 36.8. The summed E-state index contributed by atoms with van der Waals surface area (Å²) < 4.78 is 0. The van der Waals surface area contributed by atoms with Gasteiger partial charge >= 0.3 is 0 Å². The van der Waals surface area contributed by atoms with Crippen molar-refractivity contribution in [3.8, 4) is 0 Å². The van der Waals surface area contributed by atoms with Crippen LogP contribution in [0.1, 0.15) is 27.2 Å². The van der Waals surface area contributed by atoms with Crippen molar-refractivity contribution in [3.05, 3.63) is 12.2 Å². The van der Waals surface area contributed by atoms with Crippen molar-refractivity contribution >= 4 is 0 Å². The van der Waals surface area contributed by atoms with Crippen molar-refractivity contribution in [3.63, 3.8) is 0 Å². The van der Waals surface area contributed by atoms with Gasteiger partial charge in [-0.3, -0.25) is 0 Å². The van der Waals surface area contributed by atoms with Gasteiger partial charge in [0.15, 0.2) is 0 Å². The van der Waals surface area contributed by atoms with E-state index in [1.54, 1.807) is 0 Å². The van der Waals surface area contributed by atoms with Crippen LogP contribution in [0.15, 0.2) is 12.2 Å². The van der Waals surface area contributed by atoms with Gasteiger partial charge in [-0.1, -0.05) is 32.9 Å². The van der Waals surface area contributed by atoms with Gasteiger partial charge < -0.3 is 5.73 Å². The molecular formula is C9H17N. The molecule has 0 saturated heterocycles. The van der Waals surface area contributed by atoms with Crippen LogP contribution in [0.4, 0.5) is 0 Å². The summed E-state index contributed by atoms with van der Waals surface area (Å²) in [6, 6.07) is 0.398. The second kappa shape index (κ2) is 2.39. The maximum Gasteiger partial charge on any atom is 0.0165 e. The Morgan fingerprint density at radius 1 is 1.50 bits per heavy atom. The maximum absolute atomic E-state index is 5.83. The first-order valence-corrected chi connectivity index (χ1v) is 4.03. The summed E-state index contributed by atoms with van der Waals surface area (Å²) in [7, 11) is 0. The molecule has 0 bridgehead atoms. The Morgan fingerprint density at radius 2 is 2.00 bits per heavy atom. The Labute approximate surface area is 63.3 Å². The minimum atomic E-state index is 0.367. The molecule has 0 radical (unpaired) electrons. The molecule has 1 fully saturated rings. The topological polar surface area (TPSA) is 26.0 Å². The van der Waals surface area contributed by atoms with Crippen LogP contribution in [0, 0.1) is 11.3 Å². The van der Waals surface area contributed by atoms with Gasteiger partial charge in [0.25, 0.3) is 0 Å². The highest BCUT2D eigenvalue weighted by Gasteiger charge is 2.53. The number of nitrogens with two attached hydrogens (primary N) is 1. The van der Waals surface area contributed by atoms with Crippen LogP contribution in [-0.2, 0) is 0 Å². The van der Waals surface area contributed by atoms with Crippen LogP contribution in [0.25, 0.3) is 0 Å². The zero-order chi connectivity index (χ0) is 7.78. The molecule has 1 rings (SSSR count). The Balaban J connectivity index is 2.42. The summed E-state index contributed by atoms with van der Waals surface area (Å²) in [6.07, 6.45) is 5.59. The van der Waals surface area contributed by atoms with E-state index in [1.165, 1.54) is 0 Å². The van der Waals surface area contributed by atoms with E-state index in [1.807, 2.05) is 0 Å². The molecule has 1 heteroatoms. The van der Waals surface area contributed by atoms with Gasteiger partial charge in [-0.15, -0.1) is 0 Å². The van der Waals surface area contributed by atoms with Crippen LogP contribution in [-0.4, -0.2) is 6.04 Å². The second-order valence-electron chi connectivity index (χ2n) is 3.71. The molecule has 0 aromatic heterocycles. The minimum absolute atomic E-state index is 0.367. The third kappa shape index (κ3) is 1.10. The molecule has 0 aliphatic heterocycles. The predicted octanol–water partition coefficient (Wildman–Crippen LogP) is 1.94. The van der Waals surface area contributed by atoms with Gasteiger partial charge in [-0.25, -0.2) is 0 Å². The molecule has 0 unspecified atom stereocenters. The first kappa shape index (κ1) is 7.80. The summed E-state index contributed by atoms with van der Waals surface area (Å²) in [5.41, 5.74) is 6.20. The molecule has 0 spiro atoms. The van der Waals surface area contributed by atoms with Crippen molar-refractivity contribution < 1.29 is 0 Å². The Morgan fingerprint density at radius 3 is 2.30 bits per heavy atom. The molecule has 1 nitrogen and oxygen atoms in total. The lowest BCUT2D eigenvalue weighted by atomic mass is 10.1. The highest BCUT2D eigenvalue weighted by molar-refractivity contribution is 5.17. The van der Waals surface area contributed by atoms with Gasteiger partial charge in [0.05, 0.1) is 0 Å². The van der Waals surface area contributed by atoms with Gasteiger partial charge in [0.1, 0.15) is 0 Å². The van der Waals surface area contributed by atoms with E-state index in [4.69, 9.17) is 5.73 Å². The Kier molecular flexibility index (Phi) is 1.86. The number of hydrogen-bond acceptors (Lipinski definition) is 1. The van der Waals surface area contributed by atoms with Crippen molar-refractivity contribution in [1.82, 2.24) is 0 Å². The van der Waals surface area contributed by atoms with Gasteiger partial charge in [0.2, 0.25) is 0 Å². The van der Waals surface area contributed by atoms with E-state index in [2.05, 4.69) is 32.9 Å². The van der Waals surface area contributed by atoms with Crippen LogP contribution in [0.5, 0.6) is 0 Å². The largest absolute Gasteiger partial charge is 0.327 e. The average Bonchev–Trinajstić information content (AvgIpc) is 2.31. The zero-order valence-corrected chi connectivity index (χ0v) is 7.09. The van der Waals surface area contributed by atoms with E-state index in [9.17, 15) is 0 Å². The SMILES string of the molecule is CC/C=C/[C@@H]1[C@@H](N)C1(C)C. The number of hydrogen-bond donors (Lipinski definition) is 1. The van der Waals surface area contributed by atoms with E-state index < -0.39 is 0 Å². The number of rotatable bonds is 2. The molecule has 10 heavy (non-hydrogen) atoms. The van der Waals surface area contributed by atoms with Gasteiger partial charge in [-0.2, -0.15) is 0 Å². The first-order chi connectivity index (χ1) is 4.60. The fourth-order valence-electron chi connectivity index (χ4n) is 1.37. The average molecular weight is 139 g/mol. The molecule has 0 aromatic carbocycles. The molecule has 1 aliphatic carbocycles. The monoisotopic (exact) mass is 139 g/mol. The third-order valence-electron chi connectivity index (χ3n) is 2.58. The Hall–Kier alpha value is -0.300. The van der Waals surface area contributed by atoms with Crippen molar-refractivity contribution in [2.75, 3.05) is 0 Å². The molecule has 0 heterocycles.